The number of nitrogens with zero attached hydrogens (tertiary/aromatic N) is 5. The molecule has 2 aromatic carbocycles. The summed E-state index contributed by atoms with van der Waals surface area (Å²) in [6.07, 6.45) is 3.35. The SMILES string of the molecule is CCC(=NN=C(c1ccc(Cl)cc1)c1ccc(CS(=O)(=O)C(F)(F)F)cc1)n1cncn1. The third kappa shape index (κ3) is 5.60. The van der Waals surface area contributed by atoms with Gasteiger partial charge in [0, 0.05) is 22.6 Å². The molecule has 0 saturated carbocycles. The van der Waals surface area contributed by atoms with Gasteiger partial charge in [-0.3, -0.25) is 0 Å². The van der Waals surface area contributed by atoms with Crippen LogP contribution in [0.3, 0.4) is 0 Å². The van der Waals surface area contributed by atoms with Gasteiger partial charge in [-0.05, 0) is 17.7 Å². The minimum Gasteiger partial charge on any atom is -0.223 e. The Labute approximate surface area is 187 Å². The zero-order valence-electron chi connectivity index (χ0n) is 16.7. The second-order valence-corrected chi connectivity index (χ2v) is 8.98. The fraction of sp³-hybridized carbons (Fsp3) is 0.200. The topological polar surface area (TPSA) is 89.6 Å². The van der Waals surface area contributed by atoms with Crippen LogP contribution in [0.25, 0.3) is 0 Å². The van der Waals surface area contributed by atoms with E-state index in [2.05, 4.69) is 20.3 Å². The molecule has 12 heteroatoms. The van der Waals surface area contributed by atoms with Crippen molar-refractivity contribution >= 4 is 33.0 Å². The Morgan fingerprint density at radius 3 is 2.12 bits per heavy atom. The van der Waals surface area contributed by atoms with E-state index in [9.17, 15) is 21.6 Å². The maximum absolute atomic E-state index is 12.7. The van der Waals surface area contributed by atoms with E-state index < -0.39 is 21.1 Å². The number of sulfone groups is 1. The van der Waals surface area contributed by atoms with E-state index >= 15 is 0 Å². The van der Waals surface area contributed by atoms with Crippen LogP contribution in [0.4, 0.5) is 13.2 Å². The van der Waals surface area contributed by atoms with Gasteiger partial charge in [0.2, 0.25) is 0 Å². The lowest BCUT2D eigenvalue weighted by Crippen LogP contribution is -2.24. The summed E-state index contributed by atoms with van der Waals surface area (Å²) in [5.41, 5.74) is -3.71. The Hall–Kier alpha value is -3.05. The van der Waals surface area contributed by atoms with Gasteiger partial charge in [0.1, 0.15) is 18.4 Å². The summed E-state index contributed by atoms with van der Waals surface area (Å²) in [5, 5.41) is 13.1. The van der Waals surface area contributed by atoms with Crippen LogP contribution in [0.2, 0.25) is 5.02 Å². The summed E-state index contributed by atoms with van der Waals surface area (Å²) in [6.45, 7) is 1.87. The maximum Gasteiger partial charge on any atom is 0.497 e. The molecule has 0 bridgehead atoms. The number of hydrogen-bond donors (Lipinski definition) is 0. The van der Waals surface area contributed by atoms with Crippen LogP contribution < -0.4 is 0 Å². The Kier molecular flexibility index (Phi) is 7.09. The predicted octanol–water partition coefficient (Wildman–Crippen LogP) is 4.48. The molecular formula is C20H17ClF3N5O2S. The second-order valence-electron chi connectivity index (χ2n) is 6.57. The van der Waals surface area contributed by atoms with Crippen LogP contribution in [0.1, 0.15) is 30.0 Å². The molecule has 1 aromatic heterocycles. The van der Waals surface area contributed by atoms with E-state index in [-0.39, 0.29) is 5.56 Å². The molecule has 0 radical (unpaired) electrons. The monoisotopic (exact) mass is 483 g/mol. The fourth-order valence-electron chi connectivity index (χ4n) is 2.68. The number of hydrogen-bond acceptors (Lipinski definition) is 6. The fourth-order valence-corrected chi connectivity index (χ4v) is 3.60. The zero-order chi connectivity index (χ0) is 23.4. The predicted molar refractivity (Wildman–Crippen MR) is 115 cm³/mol. The Bertz CT molecular complexity index is 1220. The first-order valence-corrected chi connectivity index (χ1v) is 11.3. The number of rotatable bonds is 6. The highest BCUT2D eigenvalue weighted by atomic mass is 35.5. The summed E-state index contributed by atoms with van der Waals surface area (Å²) < 4.78 is 62.3. The Morgan fingerprint density at radius 1 is 1.03 bits per heavy atom. The standard InChI is InChI=1S/C20H17ClF3N5O2S/c1-2-18(29-13-25-12-26-29)27-28-19(16-7-9-17(21)10-8-16)15-5-3-14(4-6-15)11-32(30,31)20(22,23)24/h3-10,12-13H,2,11H2,1H3. The van der Waals surface area contributed by atoms with Gasteiger partial charge < -0.3 is 0 Å². The van der Waals surface area contributed by atoms with Crippen molar-refractivity contribution in [3.8, 4) is 0 Å². The number of benzene rings is 2. The molecule has 0 unspecified atom stereocenters. The first-order valence-electron chi connectivity index (χ1n) is 9.24. The normalized spacial score (nSPS) is 13.4. The van der Waals surface area contributed by atoms with Gasteiger partial charge in [-0.1, -0.05) is 54.9 Å². The highest BCUT2D eigenvalue weighted by Crippen LogP contribution is 2.27. The van der Waals surface area contributed by atoms with Crippen molar-refractivity contribution < 1.29 is 21.6 Å². The minimum absolute atomic E-state index is 0.00175. The van der Waals surface area contributed by atoms with Gasteiger partial charge >= 0.3 is 5.51 Å². The molecule has 168 valence electrons. The third-order valence-corrected chi connectivity index (χ3v) is 5.99. The average Bonchev–Trinajstić information content (AvgIpc) is 3.27. The molecule has 0 saturated heterocycles. The minimum atomic E-state index is -5.31. The van der Waals surface area contributed by atoms with Crippen molar-refractivity contribution in [3.63, 3.8) is 0 Å². The molecule has 0 aliphatic rings. The molecule has 0 amide bonds. The number of aromatic nitrogens is 3. The maximum atomic E-state index is 12.7. The Balaban J connectivity index is 2.00. The molecule has 0 aliphatic carbocycles. The summed E-state index contributed by atoms with van der Waals surface area (Å²) in [6, 6.07) is 12.4. The van der Waals surface area contributed by atoms with Crippen LogP contribution in [0.5, 0.6) is 0 Å². The van der Waals surface area contributed by atoms with Gasteiger partial charge in [-0.15, -0.1) is 10.2 Å². The molecule has 0 spiro atoms. The lowest BCUT2D eigenvalue weighted by Gasteiger charge is -2.10. The van der Waals surface area contributed by atoms with Gasteiger partial charge in [-0.2, -0.15) is 18.3 Å². The first-order chi connectivity index (χ1) is 15.1. The molecular weight excluding hydrogens is 467 g/mol. The lowest BCUT2D eigenvalue weighted by molar-refractivity contribution is -0.0437. The van der Waals surface area contributed by atoms with Crippen LogP contribution >= 0.6 is 11.6 Å². The van der Waals surface area contributed by atoms with Crippen molar-refractivity contribution in [2.75, 3.05) is 0 Å². The smallest absolute Gasteiger partial charge is 0.223 e. The van der Waals surface area contributed by atoms with E-state index in [1.54, 1.807) is 24.3 Å². The van der Waals surface area contributed by atoms with E-state index in [0.29, 0.717) is 34.1 Å². The molecule has 32 heavy (non-hydrogen) atoms. The number of halogens is 4. The van der Waals surface area contributed by atoms with Crippen molar-refractivity contribution in [1.29, 1.82) is 0 Å². The van der Waals surface area contributed by atoms with E-state index in [0.717, 1.165) is 0 Å². The molecule has 3 aromatic rings. The molecule has 0 fully saturated rings. The quantitative estimate of drug-likeness (QED) is 0.294. The van der Waals surface area contributed by atoms with E-state index in [4.69, 9.17) is 11.6 Å². The van der Waals surface area contributed by atoms with Crippen molar-refractivity contribution in [2.24, 2.45) is 10.2 Å². The summed E-state index contributed by atoms with van der Waals surface area (Å²) >= 11 is 5.96. The molecule has 0 N–H and O–H groups in total. The average molecular weight is 484 g/mol. The summed E-state index contributed by atoms with van der Waals surface area (Å²) in [7, 11) is -5.27. The van der Waals surface area contributed by atoms with Crippen LogP contribution in [0, 0.1) is 0 Å². The molecule has 0 aliphatic heterocycles. The molecule has 1 heterocycles. The summed E-state index contributed by atoms with van der Waals surface area (Å²) in [4.78, 5) is 3.88. The summed E-state index contributed by atoms with van der Waals surface area (Å²) in [5.74, 6) is -0.629. The van der Waals surface area contributed by atoms with Crippen LogP contribution in [0.15, 0.2) is 71.4 Å². The Morgan fingerprint density at radius 2 is 1.62 bits per heavy atom. The van der Waals surface area contributed by atoms with E-state index in [1.165, 1.54) is 41.6 Å². The first kappa shape index (κ1) is 23.6. The molecule has 3 rings (SSSR count). The zero-order valence-corrected chi connectivity index (χ0v) is 18.2. The third-order valence-electron chi connectivity index (χ3n) is 4.32. The van der Waals surface area contributed by atoms with Crippen LogP contribution in [-0.4, -0.2) is 40.2 Å². The van der Waals surface area contributed by atoms with Crippen molar-refractivity contribution in [3.05, 3.63) is 82.9 Å². The largest absolute Gasteiger partial charge is 0.497 e. The number of alkyl halides is 3. The van der Waals surface area contributed by atoms with Crippen molar-refractivity contribution in [1.82, 2.24) is 14.8 Å². The highest BCUT2D eigenvalue weighted by Gasteiger charge is 2.45. The van der Waals surface area contributed by atoms with Crippen molar-refractivity contribution in [2.45, 2.75) is 24.6 Å². The lowest BCUT2D eigenvalue weighted by atomic mass is 10.0. The van der Waals surface area contributed by atoms with E-state index in [1.807, 2.05) is 6.92 Å². The van der Waals surface area contributed by atoms with Gasteiger partial charge in [0.15, 0.2) is 5.84 Å². The van der Waals surface area contributed by atoms with Gasteiger partial charge in [-0.25, -0.2) is 18.1 Å². The van der Waals surface area contributed by atoms with Gasteiger partial charge in [0.05, 0.1) is 5.75 Å². The van der Waals surface area contributed by atoms with Crippen LogP contribution in [-0.2, 0) is 15.6 Å². The molecule has 0 atom stereocenters. The second kappa shape index (κ2) is 9.61. The highest BCUT2D eigenvalue weighted by molar-refractivity contribution is 7.91. The van der Waals surface area contributed by atoms with Gasteiger partial charge in [0.25, 0.3) is 9.84 Å². The molecule has 7 nitrogen and oxygen atoms in total.